The summed E-state index contributed by atoms with van der Waals surface area (Å²) in [5.41, 5.74) is 0.998. The van der Waals surface area contributed by atoms with Gasteiger partial charge in [-0.05, 0) is 55.8 Å². The standard InChI is InChI=1S/C24H30FN3O5S/c1-32-19-8-9-23(33-2)21(16-19)22-7-4-10-27(22)17-24(29)26-11-13-28(14-12-26)34(30,31)20-6-3-5-18(25)15-20/h3,5-6,8-9,15-16,22H,4,7,10-14,17H2,1-2H3. The molecule has 4 rings (SSSR count). The molecule has 10 heteroatoms. The molecule has 1 unspecified atom stereocenters. The number of piperazine rings is 1. The topological polar surface area (TPSA) is 79.4 Å². The highest BCUT2D eigenvalue weighted by Gasteiger charge is 2.34. The van der Waals surface area contributed by atoms with E-state index in [1.165, 1.54) is 22.5 Å². The molecular formula is C24H30FN3O5S. The van der Waals surface area contributed by atoms with Crippen molar-refractivity contribution in [3.8, 4) is 11.5 Å². The first kappa shape index (κ1) is 24.4. The lowest BCUT2D eigenvalue weighted by Crippen LogP contribution is -2.52. The minimum Gasteiger partial charge on any atom is -0.497 e. The Morgan fingerprint density at radius 2 is 1.79 bits per heavy atom. The van der Waals surface area contributed by atoms with Crippen molar-refractivity contribution in [3.05, 3.63) is 53.8 Å². The van der Waals surface area contributed by atoms with E-state index in [0.29, 0.717) is 13.1 Å². The second kappa shape index (κ2) is 10.3. The Morgan fingerprint density at radius 1 is 1.03 bits per heavy atom. The summed E-state index contributed by atoms with van der Waals surface area (Å²) < 4.78 is 51.4. The second-order valence-corrected chi connectivity index (χ2v) is 10.4. The van der Waals surface area contributed by atoms with E-state index in [-0.39, 0.29) is 36.5 Å². The van der Waals surface area contributed by atoms with Crippen molar-refractivity contribution in [1.82, 2.24) is 14.1 Å². The van der Waals surface area contributed by atoms with Crippen LogP contribution in [0.2, 0.25) is 0 Å². The molecule has 0 bridgehead atoms. The van der Waals surface area contributed by atoms with Crippen LogP contribution in [0.15, 0.2) is 47.4 Å². The van der Waals surface area contributed by atoms with Gasteiger partial charge in [-0.1, -0.05) is 6.07 Å². The Hall–Kier alpha value is -2.69. The maximum absolute atomic E-state index is 13.5. The molecule has 2 aromatic rings. The SMILES string of the molecule is COc1ccc(OC)c(C2CCCN2CC(=O)N2CCN(S(=O)(=O)c3cccc(F)c3)CC2)c1. The predicted molar refractivity (Wildman–Crippen MR) is 125 cm³/mol. The highest BCUT2D eigenvalue weighted by Crippen LogP contribution is 2.38. The van der Waals surface area contributed by atoms with Crippen LogP contribution in [0.1, 0.15) is 24.4 Å². The molecule has 0 N–H and O–H groups in total. The van der Waals surface area contributed by atoms with Gasteiger partial charge in [0, 0.05) is 37.8 Å². The number of carbonyl (C=O) groups excluding carboxylic acids is 1. The minimum atomic E-state index is -3.80. The molecule has 0 aromatic heterocycles. The second-order valence-electron chi connectivity index (χ2n) is 8.48. The Bertz CT molecular complexity index is 1140. The van der Waals surface area contributed by atoms with Crippen LogP contribution in [-0.2, 0) is 14.8 Å². The average Bonchev–Trinajstić information content (AvgIpc) is 3.31. The molecule has 2 fully saturated rings. The number of hydrogen-bond donors (Lipinski definition) is 0. The van der Waals surface area contributed by atoms with Crippen molar-refractivity contribution in [2.45, 2.75) is 23.8 Å². The van der Waals surface area contributed by atoms with Crippen LogP contribution in [-0.4, -0.2) is 81.9 Å². The number of hydrogen-bond acceptors (Lipinski definition) is 6. The third-order valence-corrected chi connectivity index (χ3v) is 8.42. The molecule has 8 nitrogen and oxygen atoms in total. The van der Waals surface area contributed by atoms with Crippen LogP contribution < -0.4 is 9.47 Å². The van der Waals surface area contributed by atoms with Gasteiger partial charge >= 0.3 is 0 Å². The van der Waals surface area contributed by atoms with Gasteiger partial charge in [0.25, 0.3) is 0 Å². The van der Waals surface area contributed by atoms with Crippen LogP contribution in [0, 0.1) is 5.82 Å². The van der Waals surface area contributed by atoms with Gasteiger partial charge in [0.15, 0.2) is 0 Å². The third kappa shape index (κ3) is 5.03. The molecule has 34 heavy (non-hydrogen) atoms. The van der Waals surface area contributed by atoms with Crippen molar-refractivity contribution in [2.75, 3.05) is 53.5 Å². The van der Waals surface area contributed by atoms with Gasteiger partial charge < -0.3 is 14.4 Å². The van der Waals surface area contributed by atoms with E-state index in [9.17, 15) is 17.6 Å². The van der Waals surface area contributed by atoms with Crippen molar-refractivity contribution in [1.29, 1.82) is 0 Å². The summed E-state index contributed by atoms with van der Waals surface area (Å²) in [6.07, 6.45) is 1.88. The van der Waals surface area contributed by atoms with Crippen LogP contribution in [0.5, 0.6) is 11.5 Å². The summed E-state index contributed by atoms with van der Waals surface area (Å²) >= 11 is 0. The lowest BCUT2D eigenvalue weighted by atomic mass is 10.0. The molecule has 0 aliphatic carbocycles. The number of amides is 1. The van der Waals surface area contributed by atoms with Gasteiger partial charge in [-0.25, -0.2) is 12.8 Å². The minimum absolute atomic E-state index is 0.0310. The highest BCUT2D eigenvalue weighted by molar-refractivity contribution is 7.89. The summed E-state index contributed by atoms with van der Waals surface area (Å²) in [5.74, 6) is 0.880. The van der Waals surface area contributed by atoms with Crippen LogP contribution >= 0.6 is 0 Å². The summed E-state index contributed by atoms with van der Waals surface area (Å²) in [4.78, 5) is 16.9. The van der Waals surface area contributed by atoms with Crippen LogP contribution in [0.4, 0.5) is 4.39 Å². The number of nitrogens with zero attached hydrogens (tertiary/aromatic N) is 3. The smallest absolute Gasteiger partial charge is 0.243 e. The molecule has 184 valence electrons. The number of sulfonamides is 1. The van der Waals surface area contributed by atoms with Crippen molar-refractivity contribution < 1.29 is 27.1 Å². The third-order valence-electron chi connectivity index (χ3n) is 6.52. The van der Waals surface area contributed by atoms with Crippen LogP contribution in [0.25, 0.3) is 0 Å². The molecule has 0 radical (unpaired) electrons. The zero-order valence-corrected chi connectivity index (χ0v) is 20.3. The van der Waals surface area contributed by atoms with Gasteiger partial charge in [-0.2, -0.15) is 4.31 Å². The number of rotatable bonds is 7. The number of likely N-dealkylation sites (tertiary alicyclic amines) is 1. The maximum atomic E-state index is 13.5. The fourth-order valence-electron chi connectivity index (χ4n) is 4.70. The van der Waals surface area contributed by atoms with E-state index in [1.807, 2.05) is 18.2 Å². The summed E-state index contributed by atoms with van der Waals surface area (Å²) in [6.45, 7) is 2.00. The van der Waals surface area contributed by atoms with Crippen molar-refractivity contribution in [2.24, 2.45) is 0 Å². The molecule has 2 aliphatic heterocycles. The Balaban J connectivity index is 1.39. The lowest BCUT2D eigenvalue weighted by molar-refractivity contribution is -0.133. The van der Waals surface area contributed by atoms with E-state index in [1.54, 1.807) is 19.1 Å². The lowest BCUT2D eigenvalue weighted by Gasteiger charge is -2.35. The summed E-state index contributed by atoms with van der Waals surface area (Å²) in [6, 6.07) is 10.7. The molecule has 2 heterocycles. The highest BCUT2D eigenvalue weighted by atomic mass is 32.2. The normalized spacial score (nSPS) is 19.9. The summed E-state index contributed by atoms with van der Waals surface area (Å²) in [7, 11) is -0.543. The van der Waals surface area contributed by atoms with Gasteiger partial charge in [0.2, 0.25) is 15.9 Å². The number of halogens is 1. The van der Waals surface area contributed by atoms with E-state index in [2.05, 4.69) is 4.90 Å². The van der Waals surface area contributed by atoms with E-state index < -0.39 is 15.8 Å². The van der Waals surface area contributed by atoms with Gasteiger partial charge in [-0.3, -0.25) is 9.69 Å². The largest absolute Gasteiger partial charge is 0.497 e. The zero-order valence-electron chi connectivity index (χ0n) is 19.4. The van der Waals surface area contributed by atoms with E-state index in [0.717, 1.165) is 42.5 Å². The van der Waals surface area contributed by atoms with Crippen molar-refractivity contribution >= 4 is 15.9 Å². The Morgan fingerprint density at radius 3 is 2.47 bits per heavy atom. The fraction of sp³-hybridized carbons (Fsp3) is 0.458. The molecule has 1 atom stereocenters. The van der Waals surface area contributed by atoms with E-state index >= 15 is 0 Å². The first-order chi connectivity index (χ1) is 16.3. The van der Waals surface area contributed by atoms with Gasteiger partial charge in [0.05, 0.1) is 25.7 Å². The number of carbonyl (C=O) groups is 1. The fourth-order valence-corrected chi connectivity index (χ4v) is 6.15. The van der Waals surface area contributed by atoms with Gasteiger partial charge in [0.1, 0.15) is 17.3 Å². The average molecular weight is 492 g/mol. The first-order valence-corrected chi connectivity index (χ1v) is 12.8. The van der Waals surface area contributed by atoms with Gasteiger partial charge in [-0.15, -0.1) is 0 Å². The number of benzene rings is 2. The molecule has 0 spiro atoms. The Kier molecular flexibility index (Phi) is 7.39. The number of methoxy groups -OCH3 is 2. The number of ether oxygens (including phenoxy) is 2. The molecule has 2 aliphatic rings. The van der Waals surface area contributed by atoms with Crippen molar-refractivity contribution in [3.63, 3.8) is 0 Å². The monoisotopic (exact) mass is 491 g/mol. The van der Waals surface area contributed by atoms with E-state index in [4.69, 9.17) is 9.47 Å². The molecule has 0 saturated carbocycles. The molecular weight excluding hydrogens is 461 g/mol. The first-order valence-electron chi connectivity index (χ1n) is 11.3. The molecule has 2 saturated heterocycles. The predicted octanol–water partition coefficient (Wildman–Crippen LogP) is 2.51. The molecule has 2 aromatic carbocycles. The summed E-state index contributed by atoms with van der Waals surface area (Å²) in [5, 5.41) is 0. The molecule has 1 amide bonds. The zero-order chi connectivity index (χ0) is 24.3. The Labute approximate surface area is 199 Å². The van der Waals surface area contributed by atoms with Crippen LogP contribution in [0.3, 0.4) is 0 Å². The quantitative estimate of drug-likeness (QED) is 0.592. The maximum Gasteiger partial charge on any atom is 0.243 e.